The van der Waals surface area contributed by atoms with Crippen LogP contribution in [0.1, 0.15) is 13.3 Å². The minimum Gasteiger partial charge on any atom is -0.359 e. The molecule has 0 aromatic carbocycles. The number of rotatable bonds is 3. The van der Waals surface area contributed by atoms with Gasteiger partial charge in [-0.15, -0.1) is 0 Å². The zero-order valence-corrected chi connectivity index (χ0v) is 9.17. The predicted molar refractivity (Wildman–Crippen MR) is 55.6 cm³/mol. The van der Waals surface area contributed by atoms with Crippen LogP contribution in [0.4, 0.5) is 0 Å². The monoisotopic (exact) mass is 214 g/mol. The molecule has 0 saturated carbocycles. The van der Waals surface area contributed by atoms with E-state index in [-0.39, 0.29) is 23.8 Å². The average molecular weight is 214 g/mol. The van der Waals surface area contributed by atoms with E-state index in [4.69, 9.17) is 5.84 Å². The summed E-state index contributed by atoms with van der Waals surface area (Å²) in [6.45, 7) is 3.51. The molecule has 2 amide bonds. The molecular weight excluding hydrogens is 196 g/mol. The fourth-order valence-corrected chi connectivity index (χ4v) is 1.93. The third kappa shape index (κ3) is 2.66. The average Bonchev–Trinajstić information content (AvgIpc) is 2.60. The van der Waals surface area contributed by atoms with Gasteiger partial charge in [0, 0.05) is 13.6 Å². The van der Waals surface area contributed by atoms with E-state index in [9.17, 15) is 9.59 Å². The first-order valence-electron chi connectivity index (χ1n) is 4.96. The predicted octanol–water partition coefficient (Wildman–Crippen LogP) is -1.57. The first-order chi connectivity index (χ1) is 7.01. The zero-order chi connectivity index (χ0) is 11.5. The van der Waals surface area contributed by atoms with Crippen molar-refractivity contribution in [3.8, 4) is 0 Å². The van der Waals surface area contributed by atoms with E-state index in [0.717, 1.165) is 13.0 Å². The highest BCUT2D eigenvalue weighted by molar-refractivity contribution is 5.83. The smallest absolute Gasteiger partial charge is 0.248 e. The van der Waals surface area contributed by atoms with Gasteiger partial charge in [-0.1, -0.05) is 0 Å². The molecule has 0 aromatic heterocycles. The van der Waals surface area contributed by atoms with Gasteiger partial charge in [0.1, 0.15) is 0 Å². The van der Waals surface area contributed by atoms with E-state index in [2.05, 4.69) is 10.7 Å². The standard InChI is InChI=1S/C9H18N4O2/c1-9(8(15)11-2)3-4-13(6-9)5-7(14)12-10/h3-6,10H2,1-2H3,(H,11,15)(H,12,14). The molecule has 1 aliphatic heterocycles. The number of nitrogens with zero attached hydrogens (tertiary/aromatic N) is 1. The number of hydrogen-bond acceptors (Lipinski definition) is 4. The van der Waals surface area contributed by atoms with Crippen LogP contribution in [0.15, 0.2) is 0 Å². The van der Waals surface area contributed by atoms with Gasteiger partial charge in [-0.25, -0.2) is 5.84 Å². The Morgan fingerprint density at radius 3 is 2.73 bits per heavy atom. The minimum atomic E-state index is -0.385. The Kier molecular flexibility index (Phi) is 3.65. The number of nitrogens with two attached hydrogens (primary N) is 1. The van der Waals surface area contributed by atoms with E-state index in [1.165, 1.54) is 0 Å². The third-order valence-electron chi connectivity index (χ3n) is 2.86. The van der Waals surface area contributed by atoms with Crippen LogP contribution >= 0.6 is 0 Å². The van der Waals surface area contributed by atoms with Crippen LogP contribution in [0.25, 0.3) is 0 Å². The summed E-state index contributed by atoms with van der Waals surface area (Å²) in [6, 6.07) is 0. The summed E-state index contributed by atoms with van der Waals surface area (Å²) in [6.07, 6.45) is 0.768. The van der Waals surface area contributed by atoms with Gasteiger partial charge in [-0.2, -0.15) is 0 Å². The van der Waals surface area contributed by atoms with E-state index in [1.54, 1.807) is 7.05 Å². The van der Waals surface area contributed by atoms with E-state index >= 15 is 0 Å². The number of hydrogen-bond donors (Lipinski definition) is 3. The topological polar surface area (TPSA) is 87.5 Å². The molecule has 1 heterocycles. The zero-order valence-electron chi connectivity index (χ0n) is 9.17. The lowest BCUT2D eigenvalue weighted by Gasteiger charge is -2.22. The molecule has 1 rings (SSSR count). The first kappa shape index (κ1) is 11.9. The van der Waals surface area contributed by atoms with Gasteiger partial charge in [-0.3, -0.25) is 19.9 Å². The highest BCUT2D eigenvalue weighted by Crippen LogP contribution is 2.29. The van der Waals surface area contributed by atoms with Crippen molar-refractivity contribution >= 4 is 11.8 Å². The van der Waals surface area contributed by atoms with Crippen molar-refractivity contribution in [2.24, 2.45) is 11.3 Å². The van der Waals surface area contributed by atoms with Crippen molar-refractivity contribution in [2.45, 2.75) is 13.3 Å². The third-order valence-corrected chi connectivity index (χ3v) is 2.86. The fraction of sp³-hybridized carbons (Fsp3) is 0.778. The number of carbonyl (C=O) groups is 2. The van der Waals surface area contributed by atoms with Crippen LogP contribution in [0.5, 0.6) is 0 Å². The molecule has 86 valence electrons. The normalized spacial score (nSPS) is 26.3. The highest BCUT2D eigenvalue weighted by atomic mass is 16.2. The maximum atomic E-state index is 11.6. The van der Waals surface area contributed by atoms with Crippen molar-refractivity contribution in [1.82, 2.24) is 15.6 Å². The maximum absolute atomic E-state index is 11.6. The number of nitrogens with one attached hydrogen (secondary N) is 2. The molecule has 6 heteroatoms. The van der Waals surface area contributed by atoms with Crippen molar-refractivity contribution in [3.05, 3.63) is 0 Å². The Morgan fingerprint density at radius 2 is 2.20 bits per heavy atom. The summed E-state index contributed by atoms with van der Waals surface area (Å²) in [7, 11) is 1.63. The minimum absolute atomic E-state index is 0.0261. The second-order valence-corrected chi connectivity index (χ2v) is 4.17. The van der Waals surface area contributed by atoms with Crippen molar-refractivity contribution < 1.29 is 9.59 Å². The van der Waals surface area contributed by atoms with Crippen LogP contribution < -0.4 is 16.6 Å². The molecule has 1 fully saturated rings. The van der Waals surface area contributed by atoms with E-state index < -0.39 is 0 Å². The SMILES string of the molecule is CNC(=O)C1(C)CCN(CC(=O)NN)C1. The second kappa shape index (κ2) is 4.59. The summed E-state index contributed by atoms with van der Waals surface area (Å²) in [4.78, 5) is 24.5. The van der Waals surface area contributed by atoms with Crippen molar-refractivity contribution in [3.63, 3.8) is 0 Å². The second-order valence-electron chi connectivity index (χ2n) is 4.17. The lowest BCUT2D eigenvalue weighted by molar-refractivity contribution is -0.129. The van der Waals surface area contributed by atoms with Gasteiger partial charge in [0.25, 0.3) is 0 Å². The molecule has 1 aliphatic rings. The number of carbonyl (C=O) groups excluding carboxylic acids is 2. The Labute approximate surface area is 89.1 Å². The molecule has 15 heavy (non-hydrogen) atoms. The Morgan fingerprint density at radius 1 is 1.53 bits per heavy atom. The summed E-state index contributed by atoms with van der Waals surface area (Å²) in [5.74, 6) is 4.80. The van der Waals surface area contributed by atoms with Gasteiger partial charge in [-0.05, 0) is 19.9 Å². The quantitative estimate of drug-likeness (QED) is 0.301. The number of amides is 2. The fourth-order valence-electron chi connectivity index (χ4n) is 1.93. The number of hydrazine groups is 1. The van der Waals surface area contributed by atoms with E-state index in [1.807, 2.05) is 11.8 Å². The van der Waals surface area contributed by atoms with E-state index in [0.29, 0.717) is 6.54 Å². The summed E-state index contributed by atoms with van der Waals surface area (Å²) in [5.41, 5.74) is 1.70. The number of likely N-dealkylation sites (tertiary alicyclic amines) is 1. The summed E-state index contributed by atoms with van der Waals surface area (Å²) < 4.78 is 0. The van der Waals surface area contributed by atoms with Crippen molar-refractivity contribution in [1.29, 1.82) is 0 Å². The molecule has 4 N–H and O–H groups in total. The summed E-state index contributed by atoms with van der Waals surface area (Å²) >= 11 is 0. The lowest BCUT2D eigenvalue weighted by atomic mass is 9.89. The van der Waals surface area contributed by atoms with Gasteiger partial charge < -0.3 is 5.32 Å². The molecule has 1 saturated heterocycles. The van der Waals surface area contributed by atoms with Crippen LogP contribution in [0.3, 0.4) is 0 Å². The molecule has 0 aliphatic carbocycles. The molecule has 0 aromatic rings. The Balaban J connectivity index is 2.51. The van der Waals surface area contributed by atoms with Gasteiger partial charge in [0.2, 0.25) is 11.8 Å². The Bertz CT molecular complexity index is 269. The van der Waals surface area contributed by atoms with Crippen LogP contribution in [0, 0.1) is 5.41 Å². The van der Waals surface area contributed by atoms with Crippen LogP contribution in [-0.2, 0) is 9.59 Å². The molecule has 1 atom stereocenters. The van der Waals surface area contributed by atoms with Crippen molar-refractivity contribution in [2.75, 3.05) is 26.7 Å². The molecule has 0 bridgehead atoms. The molecule has 0 spiro atoms. The van der Waals surface area contributed by atoms with Gasteiger partial charge in [0.15, 0.2) is 0 Å². The lowest BCUT2D eigenvalue weighted by Crippen LogP contribution is -2.42. The highest BCUT2D eigenvalue weighted by Gasteiger charge is 2.39. The Hall–Kier alpha value is -1.14. The maximum Gasteiger partial charge on any atom is 0.248 e. The van der Waals surface area contributed by atoms with Gasteiger partial charge >= 0.3 is 0 Å². The largest absolute Gasteiger partial charge is 0.359 e. The summed E-state index contributed by atoms with van der Waals surface area (Å²) in [5, 5.41) is 2.64. The molecular formula is C9H18N4O2. The van der Waals surface area contributed by atoms with Gasteiger partial charge in [0.05, 0.1) is 12.0 Å². The first-order valence-corrected chi connectivity index (χ1v) is 4.96. The van der Waals surface area contributed by atoms with Crippen LogP contribution in [-0.4, -0.2) is 43.4 Å². The molecule has 1 unspecified atom stereocenters. The van der Waals surface area contributed by atoms with Crippen LogP contribution in [0.2, 0.25) is 0 Å². The molecule has 0 radical (unpaired) electrons. The molecule has 6 nitrogen and oxygen atoms in total.